The fraction of sp³-hybridized carbons (Fsp3) is 0.233. The first-order chi connectivity index (χ1) is 17.9. The lowest BCUT2D eigenvalue weighted by molar-refractivity contribution is -0.132. The van der Waals surface area contributed by atoms with Crippen LogP contribution in [0.3, 0.4) is 0 Å². The molecule has 0 bridgehead atoms. The highest BCUT2D eigenvalue weighted by Crippen LogP contribution is 2.40. The van der Waals surface area contributed by atoms with Gasteiger partial charge in [-0.25, -0.2) is 4.99 Å². The quantitative estimate of drug-likeness (QED) is 0.185. The highest BCUT2D eigenvalue weighted by Gasteiger charge is 2.35. The van der Waals surface area contributed by atoms with Crippen molar-refractivity contribution < 1.29 is 19.1 Å². The van der Waals surface area contributed by atoms with Crippen LogP contribution in [0.15, 0.2) is 76.6 Å². The lowest BCUT2D eigenvalue weighted by atomic mass is 10.1. The Morgan fingerprint density at radius 2 is 1.65 bits per heavy atom. The van der Waals surface area contributed by atoms with Crippen molar-refractivity contribution in [3.8, 4) is 11.5 Å². The second kappa shape index (κ2) is 11.9. The van der Waals surface area contributed by atoms with Gasteiger partial charge in [0.1, 0.15) is 0 Å². The average Bonchev–Trinajstić information content (AvgIpc) is 3.19. The number of thioether (sulfide) groups is 1. The van der Waals surface area contributed by atoms with Gasteiger partial charge in [0, 0.05) is 6.92 Å². The Balaban J connectivity index is 1.80. The van der Waals surface area contributed by atoms with Gasteiger partial charge in [-0.2, -0.15) is 0 Å². The number of anilines is 1. The Labute approximate surface area is 222 Å². The van der Waals surface area contributed by atoms with Gasteiger partial charge in [-0.15, -0.1) is 0 Å². The molecule has 1 saturated heterocycles. The SMILES string of the molecule is CCOc1cc(C=C2SC(=Nc3ccccc3CC)N(c3ccccc3CC)C2=O)ccc1OC(C)=O. The number of hydrogen-bond acceptors (Lipinski definition) is 6. The van der Waals surface area contributed by atoms with Crippen molar-refractivity contribution >= 4 is 46.3 Å². The van der Waals surface area contributed by atoms with Crippen LogP contribution < -0.4 is 14.4 Å². The number of amidine groups is 1. The zero-order valence-corrected chi connectivity index (χ0v) is 22.3. The van der Waals surface area contributed by atoms with Gasteiger partial charge in [-0.05, 0) is 78.6 Å². The van der Waals surface area contributed by atoms with Crippen molar-refractivity contribution in [2.45, 2.75) is 40.5 Å². The first-order valence-corrected chi connectivity index (χ1v) is 13.2. The third-order valence-electron chi connectivity index (χ3n) is 5.83. The van der Waals surface area contributed by atoms with E-state index >= 15 is 0 Å². The fourth-order valence-electron chi connectivity index (χ4n) is 4.08. The summed E-state index contributed by atoms with van der Waals surface area (Å²) in [7, 11) is 0. The largest absolute Gasteiger partial charge is 0.490 e. The van der Waals surface area contributed by atoms with Crippen LogP contribution in [-0.4, -0.2) is 23.7 Å². The van der Waals surface area contributed by atoms with E-state index in [1.807, 2.05) is 55.5 Å². The molecule has 0 aliphatic carbocycles. The minimum absolute atomic E-state index is 0.138. The van der Waals surface area contributed by atoms with Crippen molar-refractivity contribution in [3.63, 3.8) is 0 Å². The number of esters is 1. The molecule has 0 N–H and O–H groups in total. The molecule has 3 aromatic rings. The number of aliphatic imine (C=N–C) groups is 1. The van der Waals surface area contributed by atoms with Gasteiger partial charge in [0.2, 0.25) is 0 Å². The van der Waals surface area contributed by atoms with Crippen LogP contribution >= 0.6 is 11.8 Å². The molecule has 1 fully saturated rings. The summed E-state index contributed by atoms with van der Waals surface area (Å²) < 4.78 is 10.9. The maximum absolute atomic E-state index is 13.8. The maximum Gasteiger partial charge on any atom is 0.308 e. The van der Waals surface area contributed by atoms with E-state index in [9.17, 15) is 9.59 Å². The van der Waals surface area contributed by atoms with Crippen molar-refractivity contribution in [3.05, 3.63) is 88.3 Å². The van der Waals surface area contributed by atoms with Gasteiger partial charge < -0.3 is 9.47 Å². The fourth-order valence-corrected chi connectivity index (χ4v) is 5.07. The summed E-state index contributed by atoms with van der Waals surface area (Å²) in [6.07, 6.45) is 3.45. The average molecular weight is 515 g/mol. The molecular weight excluding hydrogens is 484 g/mol. The number of ether oxygens (including phenoxy) is 2. The Kier molecular flexibility index (Phi) is 8.46. The van der Waals surface area contributed by atoms with Crippen LogP contribution in [0.2, 0.25) is 0 Å². The predicted molar refractivity (Wildman–Crippen MR) is 151 cm³/mol. The van der Waals surface area contributed by atoms with E-state index in [-0.39, 0.29) is 5.91 Å². The number of benzene rings is 3. The van der Waals surface area contributed by atoms with Crippen LogP contribution in [-0.2, 0) is 22.4 Å². The monoisotopic (exact) mass is 514 g/mol. The number of hydrogen-bond donors (Lipinski definition) is 0. The molecule has 0 atom stereocenters. The standard InChI is InChI=1S/C30H30N2O4S/c1-5-22-12-8-10-14-24(22)31-30-32(25-15-11-9-13-23(25)6-2)29(34)28(37-30)19-21-16-17-26(36-20(4)33)27(18-21)35-7-3/h8-19H,5-7H2,1-4H3. The second-order valence-corrected chi connectivity index (χ2v) is 9.35. The summed E-state index contributed by atoms with van der Waals surface area (Å²) in [5.74, 6) is 0.230. The van der Waals surface area contributed by atoms with Crippen LogP contribution in [0.4, 0.5) is 11.4 Å². The molecular formula is C30H30N2O4S. The van der Waals surface area contributed by atoms with E-state index < -0.39 is 5.97 Å². The third-order valence-corrected chi connectivity index (χ3v) is 6.80. The van der Waals surface area contributed by atoms with Crippen molar-refractivity contribution in [2.75, 3.05) is 11.5 Å². The summed E-state index contributed by atoms with van der Waals surface area (Å²) in [5, 5.41) is 0.611. The van der Waals surface area contributed by atoms with Gasteiger partial charge in [0.15, 0.2) is 16.7 Å². The van der Waals surface area contributed by atoms with Gasteiger partial charge in [0.25, 0.3) is 5.91 Å². The molecule has 1 heterocycles. The zero-order valence-electron chi connectivity index (χ0n) is 21.5. The van der Waals surface area contributed by atoms with Crippen LogP contribution in [0, 0.1) is 0 Å². The molecule has 0 spiro atoms. The number of nitrogens with zero attached hydrogens (tertiary/aromatic N) is 2. The van der Waals surface area contributed by atoms with E-state index in [0.29, 0.717) is 28.2 Å². The molecule has 1 aliphatic heterocycles. The molecule has 37 heavy (non-hydrogen) atoms. The summed E-state index contributed by atoms with van der Waals surface area (Å²) >= 11 is 1.35. The maximum atomic E-state index is 13.8. The normalized spacial score (nSPS) is 15.5. The Bertz CT molecular complexity index is 1380. The molecule has 7 heteroatoms. The highest BCUT2D eigenvalue weighted by molar-refractivity contribution is 8.19. The molecule has 1 aliphatic rings. The molecule has 190 valence electrons. The Morgan fingerprint density at radius 1 is 0.946 bits per heavy atom. The van der Waals surface area contributed by atoms with E-state index in [1.54, 1.807) is 23.1 Å². The molecule has 1 amide bonds. The number of carbonyl (C=O) groups excluding carboxylic acids is 2. The molecule has 0 aromatic heterocycles. The van der Waals surface area contributed by atoms with E-state index in [0.717, 1.165) is 40.9 Å². The summed E-state index contributed by atoms with van der Waals surface area (Å²) in [6, 6.07) is 21.2. The minimum Gasteiger partial charge on any atom is -0.490 e. The molecule has 0 saturated carbocycles. The van der Waals surface area contributed by atoms with Gasteiger partial charge in [-0.3, -0.25) is 14.5 Å². The molecule has 3 aromatic carbocycles. The minimum atomic E-state index is -0.424. The highest BCUT2D eigenvalue weighted by atomic mass is 32.2. The second-order valence-electron chi connectivity index (χ2n) is 8.34. The van der Waals surface area contributed by atoms with Crippen LogP contribution in [0.5, 0.6) is 11.5 Å². The van der Waals surface area contributed by atoms with E-state index in [4.69, 9.17) is 14.5 Å². The lowest BCUT2D eigenvalue weighted by Gasteiger charge is -2.19. The lowest BCUT2D eigenvalue weighted by Crippen LogP contribution is -2.29. The number of amides is 1. The number of rotatable bonds is 8. The topological polar surface area (TPSA) is 68.2 Å². The molecule has 0 unspecified atom stereocenters. The summed E-state index contributed by atoms with van der Waals surface area (Å²) in [5.41, 5.74) is 4.63. The van der Waals surface area contributed by atoms with E-state index in [2.05, 4.69) is 19.9 Å². The number of para-hydroxylation sites is 2. The summed E-state index contributed by atoms with van der Waals surface area (Å²) in [4.78, 5) is 32.5. The summed E-state index contributed by atoms with van der Waals surface area (Å²) in [6.45, 7) is 7.79. The Morgan fingerprint density at radius 3 is 2.35 bits per heavy atom. The number of carbonyl (C=O) groups is 2. The zero-order chi connectivity index (χ0) is 26.4. The first kappa shape index (κ1) is 26.2. The Hall–Kier alpha value is -3.84. The molecule has 0 radical (unpaired) electrons. The third kappa shape index (κ3) is 5.94. The van der Waals surface area contributed by atoms with Gasteiger partial charge >= 0.3 is 5.97 Å². The predicted octanol–water partition coefficient (Wildman–Crippen LogP) is 6.94. The van der Waals surface area contributed by atoms with Crippen LogP contribution in [0.25, 0.3) is 6.08 Å². The smallest absolute Gasteiger partial charge is 0.308 e. The van der Waals surface area contributed by atoms with E-state index in [1.165, 1.54) is 18.7 Å². The van der Waals surface area contributed by atoms with Crippen molar-refractivity contribution in [1.82, 2.24) is 0 Å². The van der Waals surface area contributed by atoms with Crippen LogP contribution in [0.1, 0.15) is 44.4 Å². The van der Waals surface area contributed by atoms with Crippen molar-refractivity contribution in [2.24, 2.45) is 4.99 Å². The van der Waals surface area contributed by atoms with Gasteiger partial charge in [0.05, 0.1) is 22.9 Å². The molecule has 6 nitrogen and oxygen atoms in total. The first-order valence-electron chi connectivity index (χ1n) is 12.4. The number of aryl methyl sites for hydroxylation is 2. The van der Waals surface area contributed by atoms with Crippen molar-refractivity contribution in [1.29, 1.82) is 0 Å². The molecule has 4 rings (SSSR count). The van der Waals surface area contributed by atoms with Gasteiger partial charge in [-0.1, -0.05) is 56.3 Å².